The second kappa shape index (κ2) is 11.9. The number of carbonyl (C=O) groups is 1. The summed E-state index contributed by atoms with van der Waals surface area (Å²) in [7, 11) is 0. The van der Waals surface area contributed by atoms with Crippen LogP contribution in [-0.4, -0.2) is 74.0 Å². The van der Waals surface area contributed by atoms with Gasteiger partial charge in [0.15, 0.2) is 5.96 Å². The number of aliphatic imine (C=N–C) groups is 1. The second-order valence-electron chi connectivity index (χ2n) is 6.11. The molecule has 0 aromatic rings. The van der Waals surface area contributed by atoms with Gasteiger partial charge in [0.05, 0.1) is 0 Å². The highest BCUT2D eigenvalue weighted by atomic mass is 127. The van der Waals surface area contributed by atoms with Crippen LogP contribution in [0.15, 0.2) is 4.99 Å². The minimum atomic E-state index is 0. The number of piperidine rings is 1. The van der Waals surface area contributed by atoms with Gasteiger partial charge in [-0.1, -0.05) is 6.42 Å². The van der Waals surface area contributed by atoms with Gasteiger partial charge in [-0.05, 0) is 45.7 Å². The van der Waals surface area contributed by atoms with Crippen LogP contribution in [0.3, 0.4) is 0 Å². The third kappa shape index (κ3) is 7.69. The molecule has 6 nitrogen and oxygen atoms in total. The van der Waals surface area contributed by atoms with Gasteiger partial charge in [-0.15, -0.1) is 24.0 Å². The molecular weight excluding hydrogens is 405 g/mol. The molecule has 2 saturated heterocycles. The Morgan fingerprint density at radius 2 is 1.65 bits per heavy atom. The third-order valence-electron chi connectivity index (χ3n) is 4.34. The van der Waals surface area contributed by atoms with E-state index >= 15 is 0 Å². The van der Waals surface area contributed by atoms with Gasteiger partial charge >= 0.3 is 0 Å². The van der Waals surface area contributed by atoms with Crippen molar-refractivity contribution in [1.29, 1.82) is 0 Å². The van der Waals surface area contributed by atoms with Crippen LogP contribution in [0.4, 0.5) is 0 Å². The fraction of sp³-hybridized carbons (Fsp3) is 0.875. The highest BCUT2D eigenvalue weighted by Gasteiger charge is 2.17. The van der Waals surface area contributed by atoms with Crippen LogP contribution in [0, 0.1) is 0 Å². The van der Waals surface area contributed by atoms with Gasteiger partial charge in [0, 0.05) is 32.7 Å². The molecule has 2 N–H and O–H groups in total. The number of rotatable bonds is 6. The van der Waals surface area contributed by atoms with Gasteiger partial charge in [0.1, 0.15) is 6.54 Å². The van der Waals surface area contributed by atoms with Crippen LogP contribution in [-0.2, 0) is 4.79 Å². The number of likely N-dealkylation sites (tertiary alicyclic amines) is 2. The zero-order chi connectivity index (χ0) is 15.6. The van der Waals surface area contributed by atoms with Crippen molar-refractivity contribution in [2.75, 3.05) is 52.4 Å². The predicted molar refractivity (Wildman–Crippen MR) is 106 cm³/mol. The first-order valence-corrected chi connectivity index (χ1v) is 8.82. The molecule has 2 fully saturated rings. The van der Waals surface area contributed by atoms with E-state index in [0.717, 1.165) is 51.5 Å². The van der Waals surface area contributed by atoms with Crippen LogP contribution in [0.2, 0.25) is 0 Å². The van der Waals surface area contributed by atoms with E-state index in [1.54, 1.807) is 0 Å². The van der Waals surface area contributed by atoms with E-state index in [0.29, 0.717) is 0 Å². The average molecular weight is 437 g/mol. The number of carbonyl (C=O) groups excluding carboxylic acids is 1. The quantitative estimate of drug-likeness (QED) is 0.373. The topological polar surface area (TPSA) is 60.0 Å². The summed E-state index contributed by atoms with van der Waals surface area (Å²) in [4.78, 5) is 20.9. The summed E-state index contributed by atoms with van der Waals surface area (Å²) in [6, 6.07) is 0. The molecule has 0 saturated carbocycles. The molecule has 2 rings (SSSR count). The molecule has 0 radical (unpaired) electrons. The van der Waals surface area contributed by atoms with Gasteiger partial charge < -0.3 is 20.4 Å². The maximum atomic E-state index is 12.0. The normalized spacial score (nSPS) is 19.3. The van der Waals surface area contributed by atoms with Gasteiger partial charge in [0.2, 0.25) is 5.91 Å². The number of guanidine groups is 1. The van der Waals surface area contributed by atoms with Crippen molar-refractivity contribution >= 4 is 35.8 Å². The Labute approximate surface area is 157 Å². The Hall–Kier alpha value is -0.570. The van der Waals surface area contributed by atoms with Gasteiger partial charge in [-0.3, -0.25) is 4.79 Å². The smallest absolute Gasteiger partial charge is 0.244 e. The Morgan fingerprint density at radius 1 is 1.00 bits per heavy atom. The minimum absolute atomic E-state index is 0. The lowest BCUT2D eigenvalue weighted by Gasteiger charge is -2.26. The first-order chi connectivity index (χ1) is 10.8. The molecule has 0 aromatic heterocycles. The van der Waals surface area contributed by atoms with Crippen molar-refractivity contribution in [3.8, 4) is 0 Å². The number of hydrogen-bond donors (Lipinski definition) is 2. The van der Waals surface area contributed by atoms with E-state index in [9.17, 15) is 4.79 Å². The average Bonchev–Trinajstić information content (AvgIpc) is 3.08. The van der Waals surface area contributed by atoms with Gasteiger partial charge in [-0.2, -0.15) is 0 Å². The number of nitrogens with zero attached hydrogens (tertiary/aromatic N) is 3. The van der Waals surface area contributed by atoms with Crippen LogP contribution >= 0.6 is 24.0 Å². The van der Waals surface area contributed by atoms with E-state index in [4.69, 9.17) is 0 Å². The predicted octanol–water partition coefficient (Wildman–Crippen LogP) is 1.27. The molecule has 23 heavy (non-hydrogen) atoms. The first kappa shape index (κ1) is 20.5. The fourth-order valence-electron chi connectivity index (χ4n) is 3.07. The molecule has 2 heterocycles. The minimum Gasteiger partial charge on any atom is -0.357 e. The summed E-state index contributed by atoms with van der Waals surface area (Å²) >= 11 is 0. The highest BCUT2D eigenvalue weighted by Crippen LogP contribution is 2.08. The van der Waals surface area contributed by atoms with Crippen molar-refractivity contribution in [2.45, 2.75) is 39.0 Å². The molecule has 2 aliphatic heterocycles. The molecule has 0 bridgehead atoms. The third-order valence-corrected chi connectivity index (χ3v) is 4.34. The second-order valence-corrected chi connectivity index (χ2v) is 6.11. The first-order valence-electron chi connectivity index (χ1n) is 8.82. The molecule has 0 atom stereocenters. The van der Waals surface area contributed by atoms with E-state index in [1.807, 2.05) is 11.8 Å². The largest absolute Gasteiger partial charge is 0.357 e. The molecular formula is C16H32IN5O. The van der Waals surface area contributed by atoms with Crippen molar-refractivity contribution < 1.29 is 4.79 Å². The lowest BCUT2D eigenvalue weighted by Crippen LogP contribution is -2.43. The van der Waals surface area contributed by atoms with Crippen molar-refractivity contribution in [2.24, 2.45) is 4.99 Å². The monoisotopic (exact) mass is 437 g/mol. The van der Waals surface area contributed by atoms with Gasteiger partial charge in [0.25, 0.3) is 0 Å². The number of nitrogens with one attached hydrogen (secondary N) is 2. The Balaban J connectivity index is 0.00000264. The van der Waals surface area contributed by atoms with Gasteiger partial charge in [-0.25, -0.2) is 4.99 Å². The Bertz CT molecular complexity index is 365. The summed E-state index contributed by atoms with van der Waals surface area (Å²) in [5.74, 6) is 0.901. The maximum Gasteiger partial charge on any atom is 0.244 e. The molecule has 0 unspecified atom stereocenters. The summed E-state index contributed by atoms with van der Waals surface area (Å²) in [5, 5.41) is 6.56. The zero-order valence-electron chi connectivity index (χ0n) is 14.4. The van der Waals surface area contributed by atoms with E-state index in [1.165, 1.54) is 32.4 Å². The summed E-state index contributed by atoms with van der Waals surface area (Å²) < 4.78 is 0. The summed E-state index contributed by atoms with van der Waals surface area (Å²) in [5.41, 5.74) is 0. The Kier molecular flexibility index (Phi) is 10.6. The molecule has 0 spiro atoms. The van der Waals surface area contributed by atoms with Crippen molar-refractivity contribution in [3.63, 3.8) is 0 Å². The van der Waals surface area contributed by atoms with E-state index < -0.39 is 0 Å². The number of hydrogen-bond acceptors (Lipinski definition) is 3. The van der Waals surface area contributed by atoms with Crippen LogP contribution in [0.1, 0.15) is 39.0 Å². The molecule has 0 aromatic carbocycles. The van der Waals surface area contributed by atoms with Crippen molar-refractivity contribution in [3.05, 3.63) is 0 Å². The molecule has 1 amide bonds. The number of amides is 1. The standard InChI is InChI=1S/C16H31N5O.HI/c1-2-17-16(18-8-13-20-9-4-3-5-10-20)19-14-15(22)21-11-6-7-12-21;/h2-14H2,1H3,(H2,17,18,19);1H. The fourth-order valence-corrected chi connectivity index (χ4v) is 3.07. The maximum absolute atomic E-state index is 12.0. The highest BCUT2D eigenvalue weighted by molar-refractivity contribution is 14.0. The van der Waals surface area contributed by atoms with Crippen LogP contribution in [0.5, 0.6) is 0 Å². The lowest BCUT2D eigenvalue weighted by atomic mass is 10.1. The molecule has 7 heteroatoms. The van der Waals surface area contributed by atoms with Crippen LogP contribution < -0.4 is 10.6 Å². The van der Waals surface area contributed by atoms with Crippen LogP contribution in [0.25, 0.3) is 0 Å². The SMILES string of the molecule is CCNC(=NCC(=O)N1CCCC1)NCCN1CCCCC1.I. The lowest BCUT2D eigenvalue weighted by molar-refractivity contribution is -0.128. The Morgan fingerprint density at radius 3 is 2.30 bits per heavy atom. The number of halogens is 1. The summed E-state index contributed by atoms with van der Waals surface area (Å²) in [6.45, 7) is 9.25. The van der Waals surface area contributed by atoms with E-state index in [2.05, 4.69) is 20.5 Å². The zero-order valence-corrected chi connectivity index (χ0v) is 16.7. The van der Waals surface area contributed by atoms with Crippen molar-refractivity contribution in [1.82, 2.24) is 20.4 Å². The molecule has 134 valence electrons. The van der Waals surface area contributed by atoms with E-state index in [-0.39, 0.29) is 36.4 Å². The summed E-state index contributed by atoms with van der Waals surface area (Å²) in [6.07, 6.45) is 6.26. The molecule has 0 aliphatic carbocycles. The molecule has 2 aliphatic rings.